The van der Waals surface area contributed by atoms with Gasteiger partial charge >= 0.3 is 0 Å². The van der Waals surface area contributed by atoms with Crippen molar-refractivity contribution in [3.63, 3.8) is 0 Å². The van der Waals surface area contributed by atoms with Crippen molar-refractivity contribution in [2.75, 3.05) is 5.32 Å². The summed E-state index contributed by atoms with van der Waals surface area (Å²) in [7, 11) is 0. The standard InChI is InChI=1S/C11H16N4OS/c1-6-5-7(2)14-10(13-6)15-9(16)11(3,4)8(12)17/h5H,1-4H3,(H2,12,17)(H,13,14,15,16). The third kappa shape index (κ3) is 3.20. The van der Waals surface area contributed by atoms with E-state index in [9.17, 15) is 4.79 Å². The predicted molar refractivity (Wildman–Crippen MR) is 70.7 cm³/mol. The second-order valence-corrected chi connectivity index (χ2v) is 4.86. The van der Waals surface area contributed by atoms with Crippen LogP contribution in [0.25, 0.3) is 0 Å². The summed E-state index contributed by atoms with van der Waals surface area (Å²) in [6.45, 7) is 6.99. The van der Waals surface area contributed by atoms with E-state index in [0.717, 1.165) is 11.4 Å². The molecule has 0 aliphatic heterocycles. The van der Waals surface area contributed by atoms with E-state index in [1.165, 1.54) is 0 Å². The van der Waals surface area contributed by atoms with Crippen molar-refractivity contribution in [2.45, 2.75) is 27.7 Å². The van der Waals surface area contributed by atoms with Gasteiger partial charge in [0.1, 0.15) is 0 Å². The summed E-state index contributed by atoms with van der Waals surface area (Å²) in [4.78, 5) is 20.3. The highest BCUT2D eigenvalue weighted by Gasteiger charge is 2.31. The number of hydrogen-bond acceptors (Lipinski definition) is 4. The normalized spacial score (nSPS) is 11.1. The Bertz CT molecular complexity index is 450. The van der Waals surface area contributed by atoms with Crippen molar-refractivity contribution in [1.82, 2.24) is 9.97 Å². The highest BCUT2D eigenvalue weighted by Crippen LogP contribution is 2.17. The van der Waals surface area contributed by atoms with Gasteiger partial charge in [-0.15, -0.1) is 0 Å². The monoisotopic (exact) mass is 252 g/mol. The third-order valence-corrected chi connectivity index (χ3v) is 2.90. The van der Waals surface area contributed by atoms with Crippen molar-refractivity contribution in [3.05, 3.63) is 17.5 Å². The fraction of sp³-hybridized carbons (Fsp3) is 0.455. The Hall–Kier alpha value is -1.56. The van der Waals surface area contributed by atoms with Crippen LogP contribution in [0.1, 0.15) is 25.2 Å². The summed E-state index contributed by atoms with van der Waals surface area (Å²) >= 11 is 4.85. The van der Waals surface area contributed by atoms with Gasteiger partial charge < -0.3 is 5.73 Å². The first kappa shape index (κ1) is 13.5. The molecular weight excluding hydrogens is 236 g/mol. The summed E-state index contributed by atoms with van der Waals surface area (Å²) in [5.41, 5.74) is 6.18. The van der Waals surface area contributed by atoms with E-state index in [2.05, 4.69) is 15.3 Å². The van der Waals surface area contributed by atoms with Gasteiger partial charge in [-0.25, -0.2) is 9.97 Å². The first-order chi connectivity index (χ1) is 7.73. The summed E-state index contributed by atoms with van der Waals surface area (Å²) in [5.74, 6) is -0.0353. The minimum Gasteiger partial charge on any atom is -0.392 e. The molecule has 17 heavy (non-hydrogen) atoms. The average molecular weight is 252 g/mol. The predicted octanol–water partition coefficient (Wildman–Crippen LogP) is 1.34. The molecule has 0 fully saturated rings. The Balaban J connectivity index is 2.92. The van der Waals surface area contributed by atoms with Crippen molar-refractivity contribution in [3.8, 4) is 0 Å². The lowest BCUT2D eigenvalue weighted by Crippen LogP contribution is -2.41. The van der Waals surface area contributed by atoms with Crippen molar-refractivity contribution in [2.24, 2.45) is 11.1 Å². The van der Waals surface area contributed by atoms with Gasteiger partial charge in [-0.3, -0.25) is 10.1 Å². The SMILES string of the molecule is Cc1cc(C)nc(NC(=O)C(C)(C)C(N)=S)n1. The fourth-order valence-corrected chi connectivity index (χ4v) is 1.24. The maximum absolute atomic E-state index is 11.9. The van der Waals surface area contributed by atoms with Crippen LogP contribution in [0.4, 0.5) is 5.95 Å². The van der Waals surface area contributed by atoms with Gasteiger partial charge in [-0.1, -0.05) is 12.2 Å². The highest BCUT2D eigenvalue weighted by molar-refractivity contribution is 7.80. The minimum absolute atomic E-state index is 0.138. The molecule has 0 aliphatic rings. The molecule has 1 rings (SSSR count). The van der Waals surface area contributed by atoms with E-state index in [4.69, 9.17) is 18.0 Å². The van der Waals surface area contributed by atoms with Gasteiger partial charge in [-0.2, -0.15) is 0 Å². The van der Waals surface area contributed by atoms with E-state index in [0.29, 0.717) is 0 Å². The molecule has 0 radical (unpaired) electrons. The Kier molecular flexibility index (Phi) is 3.77. The molecule has 6 heteroatoms. The molecule has 1 amide bonds. The Labute approximate surface area is 106 Å². The second-order valence-electron chi connectivity index (χ2n) is 4.42. The first-order valence-corrected chi connectivity index (χ1v) is 5.58. The number of thiocarbonyl (C=S) groups is 1. The molecule has 1 heterocycles. The van der Waals surface area contributed by atoms with E-state index in [1.807, 2.05) is 19.9 Å². The maximum Gasteiger partial charge on any atom is 0.239 e. The first-order valence-electron chi connectivity index (χ1n) is 5.17. The van der Waals surface area contributed by atoms with E-state index < -0.39 is 5.41 Å². The van der Waals surface area contributed by atoms with Crippen LogP contribution in [0.5, 0.6) is 0 Å². The summed E-state index contributed by atoms with van der Waals surface area (Å²) in [6, 6.07) is 1.83. The Morgan fingerprint density at radius 3 is 2.24 bits per heavy atom. The summed E-state index contributed by atoms with van der Waals surface area (Å²) in [5, 5.41) is 2.62. The number of anilines is 1. The number of amides is 1. The Morgan fingerprint density at radius 1 is 1.35 bits per heavy atom. The lowest BCUT2D eigenvalue weighted by molar-refractivity contribution is -0.121. The number of hydrogen-bond donors (Lipinski definition) is 2. The quantitative estimate of drug-likeness (QED) is 0.793. The van der Waals surface area contributed by atoms with Crippen LogP contribution in [0.3, 0.4) is 0 Å². The van der Waals surface area contributed by atoms with Crippen LogP contribution < -0.4 is 11.1 Å². The van der Waals surface area contributed by atoms with Gasteiger partial charge in [0.25, 0.3) is 0 Å². The molecule has 1 aromatic rings. The molecule has 0 saturated carbocycles. The molecule has 0 bridgehead atoms. The molecular formula is C11H16N4OS. The number of aryl methyl sites for hydroxylation is 2. The molecule has 5 nitrogen and oxygen atoms in total. The molecule has 0 atom stereocenters. The molecule has 3 N–H and O–H groups in total. The lowest BCUT2D eigenvalue weighted by atomic mass is 9.92. The zero-order valence-corrected chi connectivity index (χ0v) is 11.2. The van der Waals surface area contributed by atoms with Crippen LogP contribution >= 0.6 is 12.2 Å². The van der Waals surface area contributed by atoms with Gasteiger partial charge in [0.05, 0.1) is 10.4 Å². The van der Waals surface area contributed by atoms with Gasteiger partial charge in [-0.05, 0) is 33.8 Å². The van der Waals surface area contributed by atoms with Crippen LogP contribution in [-0.2, 0) is 4.79 Å². The number of rotatable bonds is 3. The molecule has 0 aromatic carbocycles. The van der Waals surface area contributed by atoms with Crippen molar-refractivity contribution in [1.29, 1.82) is 0 Å². The zero-order valence-electron chi connectivity index (χ0n) is 10.4. The van der Waals surface area contributed by atoms with Gasteiger partial charge in [0.15, 0.2) is 0 Å². The van der Waals surface area contributed by atoms with Crippen molar-refractivity contribution >= 4 is 29.1 Å². The number of nitrogens with two attached hydrogens (primary N) is 1. The molecule has 1 aromatic heterocycles. The number of nitrogens with zero attached hydrogens (tertiary/aromatic N) is 2. The van der Waals surface area contributed by atoms with Gasteiger partial charge in [0.2, 0.25) is 11.9 Å². The third-order valence-electron chi connectivity index (χ3n) is 2.39. The number of nitrogens with one attached hydrogen (secondary N) is 1. The smallest absolute Gasteiger partial charge is 0.239 e. The lowest BCUT2D eigenvalue weighted by Gasteiger charge is -2.21. The largest absolute Gasteiger partial charge is 0.392 e. The number of carbonyl (C=O) groups is 1. The second kappa shape index (κ2) is 4.75. The highest BCUT2D eigenvalue weighted by atomic mass is 32.1. The maximum atomic E-state index is 11.9. The van der Waals surface area contributed by atoms with E-state index in [1.54, 1.807) is 13.8 Å². The molecule has 92 valence electrons. The zero-order chi connectivity index (χ0) is 13.2. The topological polar surface area (TPSA) is 80.9 Å². The average Bonchev–Trinajstić information content (AvgIpc) is 2.15. The molecule has 0 saturated heterocycles. The van der Waals surface area contributed by atoms with E-state index >= 15 is 0 Å². The summed E-state index contributed by atoms with van der Waals surface area (Å²) < 4.78 is 0. The minimum atomic E-state index is -0.920. The van der Waals surface area contributed by atoms with Crippen LogP contribution in [0.15, 0.2) is 6.07 Å². The van der Waals surface area contributed by atoms with Crippen LogP contribution in [0.2, 0.25) is 0 Å². The molecule has 0 aliphatic carbocycles. The number of aromatic nitrogens is 2. The van der Waals surface area contributed by atoms with Crippen LogP contribution in [-0.4, -0.2) is 20.9 Å². The van der Waals surface area contributed by atoms with Crippen LogP contribution in [0, 0.1) is 19.3 Å². The van der Waals surface area contributed by atoms with Crippen molar-refractivity contribution < 1.29 is 4.79 Å². The van der Waals surface area contributed by atoms with Gasteiger partial charge in [0, 0.05) is 11.4 Å². The summed E-state index contributed by atoms with van der Waals surface area (Å²) in [6.07, 6.45) is 0. The fourth-order valence-electron chi connectivity index (χ4n) is 1.15. The molecule has 0 unspecified atom stereocenters. The molecule has 0 spiro atoms. The number of carbonyl (C=O) groups excluding carboxylic acids is 1. The Morgan fingerprint density at radius 2 is 1.82 bits per heavy atom. The van der Waals surface area contributed by atoms with E-state index in [-0.39, 0.29) is 16.8 Å².